The number of benzene rings is 2. The van der Waals surface area contributed by atoms with Gasteiger partial charge in [-0.15, -0.1) is 0 Å². The van der Waals surface area contributed by atoms with Gasteiger partial charge in [-0.2, -0.15) is 13.2 Å². The molecule has 1 amide bonds. The molecule has 0 aliphatic carbocycles. The van der Waals surface area contributed by atoms with Gasteiger partial charge in [0, 0.05) is 28.9 Å². The zero-order valence-corrected chi connectivity index (χ0v) is 17.3. The van der Waals surface area contributed by atoms with E-state index in [9.17, 15) is 18.0 Å². The molecule has 0 saturated carbocycles. The van der Waals surface area contributed by atoms with Crippen LogP contribution in [-0.4, -0.2) is 22.7 Å². The maximum Gasteiger partial charge on any atom is 0.418 e. The van der Waals surface area contributed by atoms with E-state index in [1.165, 1.54) is 17.2 Å². The number of carbonyl (C=O) groups is 1. The van der Waals surface area contributed by atoms with Gasteiger partial charge in [0.2, 0.25) is 5.91 Å². The van der Waals surface area contributed by atoms with Crippen LogP contribution in [-0.2, 0) is 22.9 Å². The second kappa shape index (κ2) is 6.57. The van der Waals surface area contributed by atoms with Crippen LogP contribution in [0.3, 0.4) is 0 Å². The van der Waals surface area contributed by atoms with Gasteiger partial charge in [-0.3, -0.25) is 9.78 Å². The molecule has 1 atom stereocenters. The number of hydrogen-bond acceptors (Lipinski definition) is 5. The summed E-state index contributed by atoms with van der Waals surface area (Å²) < 4.78 is 52.0. The summed E-state index contributed by atoms with van der Waals surface area (Å²) in [5, 5.41) is 4.73. The van der Waals surface area contributed by atoms with Crippen LogP contribution >= 0.6 is 0 Å². The van der Waals surface area contributed by atoms with Crippen LogP contribution in [0.15, 0.2) is 59.3 Å². The molecule has 1 spiro atoms. The van der Waals surface area contributed by atoms with Crippen LogP contribution in [0.1, 0.15) is 28.1 Å². The summed E-state index contributed by atoms with van der Waals surface area (Å²) in [4.78, 5) is 19.3. The van der Waals surface area contributed by atoms with Crippen molar-refractivity contribution in [2.24, 2.45) is 0 Å². The molecule has 0 bridgehead atoms. The van der Waals surface area contributed by atoms with Gasteiger partial charge in [0.1, 0.15) is 17.8 Å². The molecule has 9 heteroatoms. The van der Waals surface area contributed by atoms with E-state index in [-0.39, 0.29) is 24.8 Å². The molecule has 0 radical (unpaired) electrons. The molecule has 2 aliphatic heterocycles. The summed E-state index contributed by atoms with van der Waals surface area (Å²) in [5.41, 5.74) is 0.855. The molecular weight excluding hydrogens is 435 g/mol. The number of ether oxygens (including phenoxy) is 1. The molecule has 6 nitrogen and oxygen atoms in total. The summed E-state index contributed by atoms with van der Waals surface area (Å²) in [6, 6.07) is 12.9. The highest BCUT2D eigenvalue weighted by Gasteiger charge is 2.57. The van der Waals surface area contributed by atoms with E-state index in [0.717, 1.165) is 11.5 Å². The third-order valence-corrected chi connectivity index (χ3v) is 6.42. The number of para-hydroxylation sites is 1. The first kappa shape index (κ1) is 19.8. The van der Waals surface area contributed by atoms with E-state index in [1.54, 1.807) is 31.2 Å². The maximum absolute atomic E-state index is 14.0. The molecule has 2 aliphatic rings. The Balaban J connectivity index is 1.52. The van der Waals surface area contributed by atoms with E-state index >= 15 is 0 Å². The second-order valence-corrected chi connectivity index (χ2v) is 8.21. The van der Waals surface area contributed by atoms with Crippen LogP contribution in [0.4, 0.5) is 18.9 Å². The quantitative estimate of drug-likeness (QED) is 0.439. The van der Waals surface area contributed by atoms with Gasteiger partial charge in [0.25, 0.3) is 0 Å². The van der Waals surface area contributed by atoms with Gasteiger partial charge in [-0.05, 0) is 36.8 Å². The van der Waals surface area contributed by atoms with Crippen molar-refractivity contribution in [2.45, 2.75) is 25.1 Å². The summed E-state index contributed by atoms with van der Waals surface area (Å²) in [6.07, 6.45) is -3.28. The van der Waals surface area contributed by atoms with Crippen molar-refractivity contribution in [3.63, 3.8) is 0 Å². The minimum atomic E-state index is -4.58. The molecule has 2 aromatic heterocycles. The van der Waals surface area contributed by atoms with Crippen LogP contribution in [0, 0.1) is 6.92 Å². The number of amides is 1. The molecule has 166 valence electrons. The third kappa shape index (κ3) is 2.65. The Morgan fingerprint density at radius 1 is 1.12 bits per heavy atom. The van der Waals surface area contributed by atoms with Crippen molar-refractivity contribution in [1.82, 2.24) is 10.1 Å². The maximum atomic E-state index is 14.0. The molecule has 6 rings (SSSR count). The molecular formula is C24H16F3N3O3. The Morgan fingerprint density at radius 2 is 1.94 bits per heavy atom. The highest BCUT2D eigenvalue weighted by atomic mass is 19.4. The predicted molar refractivity (Wildman–Crippen MR) is 112 cm³/mol. The predicted octanol–water partition coefficient (Wildman–Crippen LogP) is 4.78. The normalized spacial score (nSPS) is 19.3. The van der Waals surface area contributed by atoms with Gasteiger partial charge in [-0.1, -0.05) is 23.4 Å². The molecule has 4 aromatic rings. The lowest BCUT2D eigenvalue weighted by Crippen LogP contribution is -2.42. The molecule has 2 aromatic carbocycles. The molecule has 33 heavy (non-hydrogen) atoms. The number of alkyl halides is 3. The number of aryl methyl sites for hydroxylation is 1. The van der Waals surface area contributed by atoms with Gasteiger partial charge in [0.15, 0.2) is 5.58 Å². The summed E-state index contributed by atoms with van der Waals surface area (Å²) in [5.74, 6) is 0.146. The number of hydrogen-bond donors (Lipinski definition) is 0. The van der Waals surface area contributed by atoms with Gasteiger partial charge >= 0.3 is 6.18 Å². The van der Waals surface area contributed by atoms with E-state index < -0.39 is 17.2 Å². The molecule has 1 unspecified atom stereocenters. The van der Waals surface area contributed by atoms with Gasteiger partial charge in [-0.25, -0.2) is 0 Å². The lowest BCUT2D eigenvalue weighted by Gasteiger charge is -2.23. The van der Waals surface area contributed by atoms with Crippen LogP contribution in [0.5, 0.6) is 5.75 Å². The zero-order chi connectivity index (χ0) is 23.0. The summed E-state index contributed by atoms with van der Waals surface area (Å²) in [7, 11) is 0. The van der Waals surface area contributed by atoms with E-state index in [0.29, 0.717) is 33.8 Å². The fraction of sp³-hybridized carbons (Fsp3) is 0.208. The smallest absolute Gasteiger partial charge is 0.418 e. The fourth-order valence-corrected chi connectivity index (χ4v) is 4.86. The Morgan fingerprint density at radius 3 is 2.76 bits per heavy atom. The summed E-state index contributed by atoms with van der Waals surface area (Å²) in [6.45, 7) is 1.54. The number of rotatable bonds is 2. The summed E-state index contributed by atoms with van der Waals surface area (Å²) >= 11 is 0. The average molecular weight is 451 g/mol. The fourth-order valence-electron chi connectivity index (χ4n) is 4.86. The Bertz CT molecular complexity index is 1450. The van der Waals surface area contributed by atoms with Crippen molar-refractivity contribution in [3.05, 3.63) is 82.8 Å². The first-order valence-corrected chi connectivity index (χ1v) is 10.3. The number of fused-ring (bicyclic) bond motifs is 5. The second-order valence-electron chi connectivity index (χ2n) is 8.21. The largest absolute Gasteiger partial charge is 0.491 e. The standard InChI is InChI=1S/C24H16F3N3O3/c1-13-14-9-17-21(10-20(14)33-29-13)32-12-23(17)16-5-2-3-7-19(16)30(22(23)31)11-18-15(24(25,26)27)6-4-8-28-18/h2-10H,11-12H2,1H3. The van der Waals surface area contributed by atoms with Gasteiger partial charge in [0.05, 0.1) is 23.5 Å². The number of aromatic nitrogens is 2. The van der Waals surface area contributed by atoms with E-state index in [4.69, 9.17) is 9.26 Å². The van der Waals surface area contributed by atoms with Crippen molar-refractivity contribution >= 4 is 22.6 Å². The van der Waals surface area contributed by atoms with Crippen molar-refractivity contribution in [1.29, 1.82) is 0 Å². The topological polar surface area (TPSA) is 68.5 Å². The first-order valence-electron chi connectivity index (χ1n) is 10.3. The number of carbonyl (C=O) groups excluding carboxylic acids is 1. The Labute approximate surface area is 185 Å². The van der Waals surface area contributed by atoms with Crippen molar-refractivity contribution < 1.29 is 27.2 Å². The number of pyridine rings is 1. The number of halogens is 3. The Hall–Kier alpha value is -3.88. The first-order chi connectivity index (χ1) is 15.8. The van der Waals surface area contributed by atoms with E-state index in [1.807, 2.05) is 12.1 Å². The Kier molecular flexibility index (Phi) is 3.94. The van der Waals surface area contributed by atoms with Crippen LogP contribution in [0.25, 0.3) is 11.0 Å². The molecule has 0 N–H and O–H groups in total. The SMILES string of the molecule is Cc1noc2cc3c(cc12)C1(CO3)C(=O)N(Cc2ncccc2C(F)(F)F)c2ccccc21. The minimum Gasteiger partial charge on any atom is -0.491 e. The molecule has 0 fully saturated rings. The van der Waals surface area contributed by atoms with Crippen molar-refractivity contribution in [2.75, 3.05) is 11.5 Å². The van der Waals surface area contributed by atoms with E-state index in [2.05, 4.69) is 10.1 Å². The lowest BCUT2D eigenvalue weighted by atomic mass is 9.77. The van der Waals surface area contributed by atoms with Crippen LogP contribution < -0.4 is 9.64 Å². The number of nitrogens with zero attached hydrogens (tertiary/aromatic N) is 3. The highest BCUT2D eigenvalue weighted by molar-refractivity contribution is 6.12. The zero-order valence-electron chi connectivity index (χ0n) is 17.3. The van der Waals surface area contributed by atoms with Crippen molar-refractivity contribution in [3.8, 4) is 5.75 Å². The van der Waals surface area contributed by atoms with Gasteiger partial charge < -0.3 is 14.2 Å². The monoisotopic (exact) mass is 451 g/mol. The molecule has 4 heterocycles. The highest BCUT2D eigenvalue weighted by Crippen LogP contribution is 2.53. The van der Waals surface area contributed by atoms with Crippen LogP contribution in [0.2, 0.25) is 0 Å². The number of anilines is 1. The molecule has 0 saturated heterocycles. The lowest BCUT2D eigenvalue weighted by molar-refractivity contribution is -0.138. The third-order valence-electron chi connectivity index (χ3n) is 6.42. The minimum absolute atomic E-state index is 0.0438. The average Bonchev–Trinajstić information content (AvgIpc) is 3.43.